The third-order valence-electron chi connectivity index (χ3n) is 9.20. The third-order valence-corrected chi connectivity index (χ3v) is 9.20. The smallest absolute Gasteiger partial charge is 0.255 e. The number of aliphatic hydroxyl groups excluding tert-OH is 2. The summed E-state index contributed by atoms with van der Waals surface area (Å²) in [6, 6.07) is 16.4. The van der Waals surface area contributed by atoms with Crippen LogP contribution in [0.2, 0.25) is 0 Å². The lowest BCUT2D eigenvalue weighted by atomic mass is 9.59. The Morgan fingerprint density at radius 1 is 0.936 bits per heavy atom. The van der Waals surface area contributed by atoms with E-state index < -0.39 is 58.4 Å². The predicted octanol–water partition coefficient (Wildman–Crippen LogP) is 3.79. The fraction of sp³-hybridized carbons (Fsp3) is 0.237. The van der Waals surface area contributed by atoms with Crippen LogP contribution in [0, 0.1) is 35.5 Å². The van der Waals surface area contributed by atoms with Crippen LogP contribution in [-0.2, 0) is 27.2 Å². The maximum absolute atomic E-state index is 14.0. The molecule has 3 aliphatic rings. The van der Waals surface area contributed by atoms with E-state index >= 15 is 0 Å². The molecule has 0 spiro atoms. The maximum Gasteiger partial charge on any atom is 0.255 e. The highest BCUT2D eigenvalue weighted by atomic mass is 16.5. The van der Waals surface area contributed by atoms with Gasteiger partial charge in [-0.2, -0.15) is 0 Å². The molecule has 1 fully saturated rings. The van der Waals surface area contributed by atoms with Gasteiger partial charge in [-0.15, -0.1) is 0 Å². The molecule has 0 radical (unpaired) electrons. The number of nitrogens with two attached hydrogens (primary N) is 1. The zero-order valence-electron chi connectivity index (χ0n) is 25.7. The van der Waals surface area contributed by atoms with Gasteiger partial charge in [-0.05, 0) is 78.8 Å². The Morgan fingerprint density at radius 2 is 1.55 bits per heavy atom. The molecule has 9 nitrogen and oxygen atoms in total. The van der Waals surface area contributed by atoms with Gasteiger partial charge in [0.2, 0.25) is 5.78 Å². The second kappa shape index (κ2) is 11.9. The van der Waals surface area contributed by atoms with Gasteiger partial charge in [-0.1, -0.05) is 42.7 Å². The van der Waals surface area contributed by atoms with Crippen LogP contribution in [0.3, 0.4) is 0 Å². The van der Waals surface area contributed by atoms with Crippen LogP contribution in [0.1, 0.15) is 58.7 Å². The molecule has 0 saturated heterocycles. The van der Waals surface area contributed by atoms with E-state index in [-0.39, 0.29) is 35.3 Å². The fourth-order valence-corrected chi connectivity index (χ4v) is 6.67. The minimum atomic E-state index is -2.65. The van der Waals surface area contributed by atoms with Gasteiger partial charge in [0.25, 0.3) is 5.91 Å². The van der Waals surface area contributed by atoms with Crippen molar-refractivity contribution in [1.29, 1.82) is 0 Å². The Morgan fingerprint density at radius 3 is 2.15 bits per heavy atom. The number of aromatic hydroxyl groups is 1. The van der Waals surface area contributed by atoms with Crippen LogP contribution >= 0.6 is 0 Å². The minimum Gasteiger partial charge on any atom is -0.508 e. The van der Waals surface area contributed by atoms with Gasteiger partial charge in [-0.25, -0.2) is 0 Å². The first-order chi connectivity index (χ1) is 22.5. The summed E-state index contributed by atoms with van der Waals surface area (Å²) in [5.74, 6) is 5.92. The van der Waals surface area contributed by atoms with Crippen LogP contribution in [0.4, 0.5) is 0 Å². The Hall–Kier alpha value is -5.77. The molecule has 3 atom stereocenters. The van der Waals surface area contributed by atoms with Gasteiger partial charge in [0, 0.05) is 34.6 Å². The van der Waals surface area contributed by atoms with Gasteiger partial charge in [0.05, 0.1) is 18.2 Å². The molecule has 3 aromatic rings. The highest BCUT2D eigenvalue weighted by Gasteiger charge is 2.60. The summed E-state index contributed by atoms with van der Waals surface area (Å²) in [6.07, 6.45) is 0.636. The van der Waals surface area contributed by atoms with Gasteiger partial charge >= 0.3 is 0 Å². The van der Waals surface area contributed by atoms with Gasteiger partial charge in [-0.3, -0.25) is 14.4 Å². The number of hydrogen-bond donors (Lipinski definition) is 5. The molecule has 1 amide bonds. The fourth-order valence-electron chi connectivity index (χ4n) is 6.67. The van der Waals surface area contributed by atoms with E-state index in [4.69, 9.17) is 10.5 Å². The summed E-state index contributed by atoms with van der Waals surface area (Å²) >= 11 is 0. The maximum atomic E-state index is 14.0. The van der Waals surface area contributed by atoms with E-state index in [0.29, 0.717) is 22.4 Å². The molecule has 1 unspecified atom stereocenters. The minimum absolute atomic E-state index is 0.0219. The van der Waals surface area contributed by atoms with Crippen molar-refractivity contribution >= 4 is 23.2 Å². The van der Waals surface area contributed by atoms with Crippen molar-refractivity contribution < 1.29 is 39.5 Å². The van der Waals surface area contributed by atoms with Crippen molar-refractivity contribution in [2.45, 2.75) is 38.2 Å². The largest absolute Gasteiger partial charge is 0.508 e. The van der Waals surface area contributed by atoms with Crippen molar-refractivity contribution in [2.75, 3.05) is 7.11 Å². The van der Waals surface area contributed by atoms with Gasteiger partial charge in [0.15, 0.2) is 11.4 Å². The number of Topliss-reactive ketones (excluding diaryl/α,β-unsaturated/α-hetero) is 2. The lowest BCUT2D eigenvalue weighted by molar-refractivity contribution is -0.147. The first kappa shape index (κ1) is 31.2. The number of primary amides is 1. The summed E-state index contributed by atoms with van der Waals surface area (Å²) in [6.45, 7) is 2.06. The Kier molecular flexibility index (Phi) is 7.88. The standard InChI is InChI=1S/C38H31NO8/c1-3-20-4-6-21(7-5-20)8-12-23-16-24(13-9-22-10-14-27(47-2)15-11-22)33(41)31-28(23)18-25-17-26-19-29(40)32(37(39)45)36(44)38(26,46)35(43)30(25)34(31)42/h4-7,10-11,14-16,25-26,41-42,44,46H,3,17-19H2,1-2H3,(H2,39,45)/t25?,26-,38-/m0/s1. The molecule has 236 valence electrons. The number of phenols is 1. The number of carbonyl (C=O) groups is 3. The van der Waals surface area contributed by atoms with Crippen molar-refractivity contribution in [2.24, 2.45) is 17.6 Å². The first-order valence-corrected chi connectivity index (χ1v) is 15.1. The molecule has 47 heavy (non-hydrogen) atoms. The molecular formula is C38H31NO8. The molecule has 6 rings (SSSR count). The summed E-state index contributed by atoms with van der Waals surface area (Å²) in [5, 5.41) is 45.6. The Bertz CT molecular complexity index is 2050. The number of methoxy groups -OCH3 is 1. The van der Waals surface area contributed by atoms with Crippen LogP contribution < -0.4 is 10.5 Å². The number of amides is 1. The van der Waals surface area contributed by atoms with Crippen molar-refractivity contribution in [3.63, 3.8) is 0 Å². The Labute approximate surface area is 271 Å². The monoisotopic (exact) mass is 629 g/mol. The Balaban J connectivity index is 1.53. The zero-order valence-corrected chi connectivity index (χ0v) is 25.7. The first-order valence-electron chi connectivity index (χ1n) is 15.1. The number of benzene rings is 3. The molecule has 6 N–H and O–H groups in total. The molecule has 1 saturated carbocycles. The molecule has 0 aliphatic heterocycles. The second-order valence-corrected chi connectivity index (χ2v) is 11.9. The predicted molar refractivity (Wildman–Crippen MR) is 172 cm³/mol. The number of phenolic OH excluding ortho intramolecular Hbond substituents is 1. The number of ketones is 2. The molecule has 0 heterocycles. The van der Waals surface area contributed by atoms with Crippen LogP contribution in [0.15, 0.2) is 71.5 Å². The van der Waals surface area contributed by atoms with Gasteiger partial charge < -0.3 is 30.9 Å². The average molecular weight is 630 g/mol. The molecule has 0 aromatic heterocycles. The number of fused-ring (bicyclic) bond motifs is 3. The molecule has 9 heteroatoms. The zero-order chi connectivity index (χ0) is 33.6. The topological polar surface area (TPSA) is 167 Å². The lowest BCUT2D eigenvalue weighted by Crippen LogP contribution is -2.58. The van der Waals surface area contributed by atoms with Crippen LogP contribution in [0.5, 0.6) is 11.5 Å². The van der Waals surface area contributed by atoms with Crippen molar-refractivity contribution in [3.05, 3.63) is 110 Å². The van der Waals surface area contributed by atoms with Crippen LogP contribution in [-0.4, -0.2) is 50.6 Å². The molecular weight excluding hydrogens is 598 g/mol. The summed E-state index contributed by atoms with van der Waals surface area (Å²) in [7, 11) is 1.55. The summed E-state index contributed by atoms with van der Waals surface area (Å²) in [4.78, 5) is 38.6. The summed E-state index contributed by atoms with van der Waals surface area (Å²) in [5.41, 5.74) is 5.12. The van der Waals surface area contributed by atoms with Crippen molar-refractivity contribution in [3.8, 4) is 35.2 Å². The number of carbonyl (C=O) groups excluding carboxylic acids is 3. The quantitative estimate of drug-likeness (QED) is 0.216. The molecule has 3 aromatic carbocycles. The molecule has 3 aliphatic carbocycles. The van der Waals surface area contributed by atoms with E-state index in [9.17, 15) is 34.8 Å². The normalized spacial score (nSPS) is 21.4. The average Bonchev–Trinajstić information content (AvgIpc) is 3.05. The van der Waals surface area contributed by atoms with Crippen LogP contribution in [0.25, 0.3) is 5.76 Å². The van der Waals surface area contributed by atoms with Gasteiger partial charge in [0.1, 0.15) is 28.6 Å². The van der Waals surface area contributed by atoms with E-state index in [1.54, 1.807) is 37.4 Å². The number of aliphatic hydroxyl groups is 3. The lowest BCUT2D eigenvalue weighted by Gasteiger charge is -2.46. The number of hydrogen-bond acceptors (Lipinski definition) is 8. The summed E-state index contributed by atoms with van der Waals surface area (Å²) < 4.78 is 5.20. The number of ether oxygens (including phenoxy) is 1. The van der Waals surface area contributed by atoms with E-state index in [0.717, 1.165) is 17.5 Å². The third kappa shape index (κ3) is 5.21. The number of aryl methyl sites for hydroxylation is 1. The van der Waals surface area contributed by atoms with Crippen molar-refractivity contribution in [1.82, 2.24) is 0 Å². The number of rotatable bonds is 3. The SMILES string of the molecule is CCc1ccc(C#Cc2cc(C#Cc3ccc(OC)cc3)c(O)c3c2CC2C[C@H]4CC(=O)C(C(N)=O)=C(O)[C@@]4(O)C(=O)C2=C3O)cc1. The van der Waals surface area contributed by atoms with E-state index in [1.807, 2.05) is 24.3 Å². The van der Waals surface area contributed by atoms with E-state index in [1.165, 1.54) is 0 Å². The van der Waals surface area contributed by atoms with E-state index in [2.05, 4.69) is 30.6 Å². The molecule has 0 bridgehead atoms. The second-order valence-electron chi connectivity index (χ2n) is 11.9. The highest BCUT2D eigenvalue weighted by molar-refractivity contribution is 6.22. The highest BCUT2D eigenvalue weighted by Crippen LogP contribution is 2.52.